The van der Waals surface area contributed by atoms with Gasteiger partial charge >= 0.3 is 6.61 Å². The predicted octanol–water partition coefficient (Wildman–Crippen LogP) is 3.65. The molecule has 0 aromatic heterocycles. The normalized spacial score (nSPS) is 15.5. The van der Waals surface area contributed by atoms with Crippen LogP contribution in [0.2, 0.25) is 0 Å². The van der Waals surface area contributed by atoms with Gasteiger partial charge in [-0.3, -0.25) is 9.89 Å². The van der Waals surface area contributed by atoms with Gasteiger partial charge in [0.05, 0.1) is 26.4 Å². The van der Waals surface area contributed by atoms with Gasteiger partial charge in [-0.2, -0.15) is 8.78 Å². The smallest absolute Gasteiger partial charge is 0.387 e. The molecular weight excluding hydrogens is 545 g/mol. The number of halogens is 3. The third-order valence-electron chi connectivity index (χ3n) is 5.26. The van der Waals surface area contributed by atoms with E-state index >= 15 is 0 Å². The molecule has 182 valence electrons. The molecule has 2 aromatic rings. The van der Waals surface area contributed by atoms with Crippen molar-refractivity contribution >= 4 is 29.9 Å². The van der Waals surface area contributed by atoms with Gasteiger partial charge in [-0.25, -0.2) is 0 Å². The molecule has 7 nitrogen and oxygen atoms in total. The Hall–Kier alpha value is -2.18. The molecule has 2 aromatic carbocycles. The van der Waals surface area contributed by atoms with Crippen LogP contribution in [0, 0.1) is 0 Å². The lowest BCUT2D eigenvalue weighted by Gasteiger charge is -2.35. The van der Waals surface area contributed by atoms with E-state index in [1.807, 2.05) is 18.2 Å². The van der Waals surface area contributed by atoms with Crippen LogP contribution in [0.15, 0.2) is 53.5 Å². The van der Waals surface area contributed by atoms with Crippen LogP contribution in [-0.4, -0.2) is 64.5 Å². The number of rotatable bonds is 9. The van der Waals surface area contributed by atoms with Gasteiger partial charge < -0.3 is 24.8 Å². The number of aliphatic imine (C=N–C) groups is 1. The largest absolute Gasteiger partial charge is 0.497 e. The van der Waals surface area contributed by atoms with Crippen molar-refractivity contribution in [3.8, 4) is 11.5 Å². The molecule has 0 radical (unpaired) electrons. The first-order chi connectivity index (χ1) is 15.6. The topological polar surface area (TPSA) is 67.4 Å². The molecule has 1 atom stereocenters. The third kappa shape index (κ3) is 8.59. The summed E-state index contributed by atoms with van der Waals surface area (Å²) >= 11 is 0. The summed E-state index contributed by atoms with van der Waals surface area (Å²) in [5, 5.41) is 6.61. The van der Waals surface area contributed by atoms with Crippen LogP contribution in [-0.2, 0) is 11.3 Å². The van der Waals surface area contributed by atoms with E-state index in [-0.39, 0.29) is 35.8 Å². The lowest BCUT2D eigenvalue weighted by molar-refractivity contribution is -0.0498. The second-order valence-corrected chi connectivity index (χ2v) is 7.27. The molecule has 1 aliphatic heterocycles. The molecule has 0 amide bonds. The second-order valence-electron chi connectivity index (χ2n) is 7.27. The van der Waals surface area contributed by atoms with Crippen molar-refractivity contribution in [2.45, 2.75) is 19.2 Å². The average Bonchev–Trinajstić information content (AvgIpc) is 2.82. The maximum Gasteiger partial charge on any atom is 0.387 e. The first-order valence-electron chi connectivity index (χ1n) is 10.5. The summed E-state index contributed by atoms with van der Waals surface area (Å²) in [6.45, 7) is 1.32. The van der Waals surface area contributed by atoms with Gasteiger partial charge in [0.2, 0.25) is 0 Å². The lowest BCUT2D eigenvalue weighted by Crippen LogP contribution is -2.46. The molecule has 1 aliphatic rings. The van der Waals surface area contributed by atoms with E-state index in [1.165, 1.54) is 11.6 Å². The van der Waals surface area contributed by atoms with Crippen molar-refractivity contribution in [2.75, 3.05) is 47.0 Å². The Morgan fingerprint density at radius 3 is 2.45 bits per heavy atom. The predicted molar refractivity (Wildman–Crippen MR) is 135 cm³/mol. The molecule has 1 unspecified atom stereocenters. The Morgan fingerprint density at radius 1 is 1.09 bits per heavy atom. The van der Waals surface area contributed by atoms with E-state index in [1.54, 1.807) is 26.3 Å². The van der Waals surface area contributed by atoms with Crippen molar-refractivity contribution in [1.29, 1.82) is 0 Å². The molecule has 1 fully saturated rings. The van der Waals surface area contributed by atoms with Crippen molar-refractivity contribution in [1.82, 2.24) is 15.5 Å². The van der Waals surface area contributed by atoms with E-state index in [2.05, 4.69) is 37.4 Å². The SMILES string of the molecule is CN=C(NCc1cccc(OC(F)F)c1)NCC(c1ccc(OC)cc1)N1CCOCC1.I. The van der Waals surface area contributed by atoms with Crippen molar-refractivity contribution in [2.24, 2.45) is 4.99 Å². The quantitative estimate of drug-likeness (QED) is 0.270. The zero-order valence-electron chi connectivity index (χ0n) is 18.8. The summed E-state index contributed by atoms with van der Waals surface area (Å²) < 4.78 is 40.2. The number of nitrogens with zero attached hydrogens (tertiary/aromatic N) is 2. The highest BCUT2D eigenvalue weighted by Gasteiger charge is 2.23. The fourth-order valence-corrected chi connectivity index (χ4v) is 3.60. The molecule has 1 saturated heterocycles. The maximum atomic E-state index is 12.4. The minimum absolute atomic E-state index is 0. The summed E-state index contributed by atoms with van der Waals surface area (Å²) in [6.07, 6.45) is 0. The van der Waals surface area contributed by atoms with E-state index in [4.69, 9.17) is 9.47 Å². The van der Waals surface area contributed by atoms with Crippen LogP contribution in [0.25, 0.3) is 0 Å². The number of guanidine groups is 1. The summed E-state index contributed by atoms with van der Waals surface area (Å²) in [5.41, 5.74) is 1.98. The van der Waals surface area contributed by atoms with Crippen LogP contribution in [0.1, 0.15) is 17.2 Å². The highest BCUT2D eigenvalue weighted by molar-refractivity contribution is 14.0. The third-order valence-corrected chi connectivity index (χ3v) is 5.26. The number of hydrogen-bond acceptors (Lipinski definition) is 5. The summed E-state index contributed by atoms with van der Waals surface area (Å²) in [7, 11) is 3.35. The van der Waals surface area contributed by atoms with Gasteiger partial charge in [0.25, 0.3) is 0 Å². The number of hydrogen-bond donors (Lipinski definition) is 2. The first-order valence-corrected chi connectivity index (χ1v) is 10.5. The Labute approximate surface area is 210 Å². The Balaban J connectivity index is 0.00000385. The Bertz CT molecular complexity index is 865. The molecular formula is C23H31F2IN4O3. The second kappa shape index (κ2) is 14.2. The number of ether oxygens (including phenoxy) is 3. The van der Waals surface area contributed by atoms with E-state index in [0.29, 0.717) is 32.3 Å². The molecule has 0 aliphatic carbocycles. The summed E-state index contributed by atoms with van der Waals surface area (Å²) in [5.74, 6) is 1.57. The highest BCUT2D eigenvalue weighted by Crippen LogP contribution is 2.23. The van der Waals surface area contributed by atoms with Crippen LogP contribution >= 0.6 is 24.0 Å². The van der Waals surface area contributed by atoms with Crippen LogP contribution in [0.3, 0.4) is 0 Å². The molecule has 0 bridgehead atoms. The lowest BCUT2D eigenvalue weighted by atomic mass is 10.0. The zero-order chi connectivity index (χ0) is 22.8. The van der Waals surface area contributed by atoms with E-state index in [9.17, 15) is 8.78 Å². The standard InChI is InChI=1S/C23H30F2N4O3.HI/c1-26-23(27-15-17-4-3-5-20(14-17)32-22(24)25)28-16-21(29-10-12-31-13-11-29)18-6-8-19(30-2)9-7-18;/h3-9,14,21-22H,10-13,15-16H2,1-2H3,(H2,26,27,28);1H. The molecule has 10 heteroatoms. The Kier molecular flexibility index (Phi) is 11.6. The monoisotopic (exact) mass is 576 g/mol. The highest BCUT2D eigenvalue weighted by atomic mass is 127. The molecule has 3 rings (SSSR count). The maximum absolute atomic E-state index is 12.4. The molecule has 1 heterocycles. The minimum Gasteiger partial charge on any atom is -0.497 e. The van der Waals surface area contributed by atoms with Crippen molar-refractivity contribution in [3.63, 3.8) is 0 Å². The fraction of sp³-hybridized carbons (Fsp3) is 0.435. The molecule has 0 saturated carbocycles. The number of methoxy groups -OCH3 is 1. The Morgan fingerprint density at radius 2 is 1.82 bits per heavy atom. The minimum atomic E-state index is -2.84. The van der Waals surface area contributed by atoms with Crippen LogP contribution < -0.4 is 20.1 Å². The van der Waals surface area contributed by atoms with Crippen molar-refractivity contribution in [3.05, 3.63) is 59.7 Å². The molecule has 33 heavy (non-hydrogen) atoms. The first kappa shape index (κ1) is 27.1. The zero-order valence-corrected chi connectivity index (χ0v) is 21.1. The summed E-state index contributed by atoms with van der Waals surface area (Å²) in [6, 6.07) is 14.8. The number of benzene rings is 2. The van der Waals surface area contributed by atoms with Gasteiger partial charge in [-0.1, -0.05) is 24.3 Å². The van der Waals surface area contributed by atoms with Crippen LogP contribution in [0.4, 0.5) is 8.78 Å². The number of morpholine rings is 1. The molecule has 0 spiro atoms. The molecule has 2 N–H and O–H groups in total. The van der Waals surface area contributed by atoms with Gasteiger partial charge in [0.15, 0.2) is 5.96 Å². The summed E-state index contributed by atoms with van der Waals surface area (Å²) in [4.78, 5) is 6.68. The number of alkyl halides is 2. The van der Waals surface area contributed by atoms with E-state index < -0.39 is 6.61 Å². The van der Waals surface area contributed by atoms with E-state index in [0.717, 1.165) is 24.4 Å². The van der Waals surface area contributed by atoms with Gasteiger partial charge in [-0.05, 0) is 35.4 Å². The average molecular weight is 576 g/mol. The van der Waals surface area contributed by atoms with Gasteiger partial charge in [0.1, 0.15) is 11.5 Å². The van der Waals surface area contributed by atoms with Crippen molar-refractivity contribution < 1.29 is 23.0 Å². The number of nitrogens with one attached hydrogen (secondary N) is 2. The van der Waals surface area contributed by atoms with Gasteiger partial charge in [-0.15, -0.1) is 24.0 Å². The van der Waals surface area contributed by atoms with Gasteiger partial charge in [0, 0.05) is 33.2 Å². The fourth-order valence-electron chi connectivity index (χ4n) is 3.60. The van der Waals surface area contributed by atoms with Crippen LogP contribution in [0.5, 0.6) is 11.5 Å².